The summed E-state index contributed by atoms with van der Waals surface area (Å²) in [5.41, 5.74) is 3.70. The molecule has 0 atom stereocenters. The molecule has 31 heavy (non-hydrogen) atoms. The van der Waals surface area contributed by atoms with Gasteiger partial charge in [0, 0.05) is 18.3 Å². The molecule has 0 fully saturated rings. The predicted molar refractivity (Wildman–Crippen MR) is 117 cm³/mol. The minimum absolute atomic E-state index is 0.0442. The standard InChI is InChI=1S/C23H17ClFN3O3/c1-13-16(5-3-6-17(13)22-27-28(2)23(30)31-22)14-9-11-15(12-10-14)26-21(29)20-18(24)7-4-8-19(20)25/h3-12H,1-2H3,(H,26,29). The van der Waals surface area contributed by atoms with Crippen molar-refractivity contribution in [3.05, 3.63) is 93.2 Å². The molecule has 0 saturated carbocycles. The average Bonchev–Trinajstić information content (AvgIpc) is 3.07. The first-order valence-corrected chi connectivity index (χ1v) is 9.73. The number of halogens is 2. The van der Waals surface area contributed by atoms with Crippen molar-refractivity contribution in [2.45, 2.75) is 6.92 Å². The average molecular weight is 438 g/mol. The number of carbonyl (C=O) groups is 1. The quantitative estimate of drug-likeness (QED) is 0.484. The molecule has 0 aliphatic heterocycles. The number of nitrogens with one attached hydrogen (secondary N) is 1. The van der Waals surface area contributed by atoms with Gasteiger partial charge in [-0.25, -0.2) is 9.18 Å². The molecule has 1 amide bonds. The summed E-state index contributed by atoms with van der Waals surface area (Å²) < 4.78 is 20.3. The Hall–Kier alpha value is -3.71. The van der Waals surface area contributed by atoms with E-state index >= 15 is 0 Å². The number of carbonyl (C=O) groups excluding carboxylic acids is 1. The molecule has 1 aromatic heterocycles. The van der Waals surface area contributed by atoms with E-state index in [1.165, 1.54) is 25.2 Å². The molecule has 1 heterocycles. The summed E-state index contributed by atoms with van der Waals surface area (Å²) in [5.74, 6) is -1.60. The second-order valence-corrected chi connectivity index (χ2v) is 7.31. The van der Waals surface area contributed by atoms with Crippen LogP contribution < -0.4 is 11.1 Å². The number of anilines is 1. The van der Waals surface area contributed by atoms with Gasteiger partial charge >= 0.3 is 5.76 Å². The fraction of sp³-hybridized carbons (Fsp3) is 0.0870. The van der Waals surface area contributed by atoms with Gasteiger partial charge in [0.1, 0.15) is 5.82 Å². The molecule has 4 aromatic rings. The molecule has 1 N–H and O–H groups in total. The number of amides is 1. The van der Waals surface area contributed by atoms with Crippen LogP contribution in [0.4, 0.5) is 10.1 Å². The lowest BCUT2D eigenvalue weighted by Gasteiger charge is -2.11. The van der Waals surface area contributed by atoms with Crippen molar-refractivity contribution in [2.75, 3.05) is 5.32 Å². The third kappa shape index (κ3) is 4.00. The number of aryl methyl sites for hydroxylation is 1. The molecule has 0 bridgehead atoms. The van der Waals surface area contributed by atoms with E-state index in [0.29, 0.717) is 11.3 Å². The fourth-order valence-electron chi connectivity index (χ4n) is 3.28. The number of hydrogen-bond acceptors (Lipinski definition) is 4. The Balaban J connectivity index is 1.61. The summed E-state index contributed by atoms with van der Waals surface area (Å²) in [7, 11) is 1.52. The highest BCUT2D eigenvalue weighted by Gasteiger charge is 2.17. The number of rotatable bonds is 4. The van der Waals surface area contributed by atoms with Gasteiger partial charge in [0.2, 0.25) is 5.89 Å². The maximum atomic E-state index is 14.0. The van der Waals surface area contributed by atoms with Gasteiger partial charge in [0.15, 0.2) is 0 Å². The van der Waals surface area contributed by atoms with E-state index in [0.717, 1.165) is 21.4 Å². The van der Waals surface area contributed by atoms with Crippen molar-refractivity contribution in [1.29, 1.82) is 0 Å². The lowest BCUT2D eigenvalue weighted by molar-refractivity contribution is 0.102. The molecule has 0 spiro atoms. The van der Waals surface area contributed by atoms with Crippen molar-refractivity contribution in [2.24, 2.45) is 7.05 Å². The molecule has 0 unspecified atom stereocenters. The smallest absolute Gasteiger partial charge is 0.388 e. The van der Waals surface area contributed by atoms with Crippen LogP contribution in [-0.4, -0.2) is 15.7 Å². The van der Waals surface area contributed by atoms with Crippen molar-refractivity contribution >= 4 is 23.2 Å². The van der Waals surface area contributed by atoms with Gasteiger partial charge in [0.25, 0.3) is 5.91 Å². The monoisotopic (exact) mass is 437 g/mol. The summed E-state index contributed by atoms with van der Waals surface area (Å²) in [6.45, 7) is 1.91. The van der Waals surface area contributed by atoms with E-state index in [1.807, 2.05) is 37.3 Å². The lowest BCUT2D eigenvalue weighted by Crippen LogP contribution is -2.14. The summed E-state index contributed by atoms with van der Waals surface area (Å²) in [5, 5.41) is 6.81. The highest BCUT2D eigenvalue weighted by atomic mass is 35.5. The number of nitrogens with zero attached hydrogens (tertiary/aromatic N) is 2. The number of benzene rings is 3. The van der Waals surface area contributed by atoms with Gasteiger partial charge in [-0.1, -0.05) is 41.9 Å². The van der Waals surface area contributed by atoms with Crippen molar-refractivity contribution in [1.82, 2.24) is 9.78 Å². The first-order valence-electron chi connectivity index (χ1n) is 9.35. The molecular weight excluding hydrogens is 421 g/mol. The van der Waals surface area contributed by atoms with Crippen LogP contribution in [0, 0.1) is 12.7 Å². The number of aromatic nitrogens is 2. The zero-order valence-electron chi connectivity index (χ0n) is 16.6. The summed E-state index contributed by atoms with van der Waals surface area (Å²) in [6.07, 6.45) is 0. The molecule has 0 radical (unpaired) electrons. The van der Waals surface area contributed by atoms with Gasteiger partial charge in [0.05, 0.1) is 10.6 Å². The van der Waals surface area contributed by atoms with Crippen LogP contribution in [0.3, 0.4) is 0 Å². The Kier molecular flexibility index (Phi) is 5.44. The lowest BCUT2D eigenvalue weighted by atomic mass is 9.96. The Bertz CT molecular complexity index is 1320. The summed E-state index contributed by atoms with van der Waals surface area (Å²) >= 11 is 5.96. The van der Waals surface area contributed by atoms with Gasteiger partial charge in [-0.2, -0.15) is 4.68 Å². The normalized spacial score (nSPS) is 10.8. The van der Waals surface area contributed by atoms with Crippen LogP contribution in [0.5, 0.6) is 0 Å². The Morgan fingerprint density at radius 1 is 1.06 bits per heavy atom. The topological polar surface area (TPSA) is 77.1 Å². The predicted octanol–water partition coefficient (Wildman–Crippen LogP) is 5.06. The minimum Gasteiger partial charge on any atom is -0.388 e. The van der Waals surface area contributed by atoms with Crippen LogP contribution in [0.2, 0.25) is 5.02 Å². The third-order valence-corrected chi connectivity index (χ3v) is 5.21. The molecule has 156 valence electrons. The fourth-order valence-corrected chi connectivity index (χ4v) is 3.53. The van der Waals surface area contributed by atoms with E-state index in [2.05, 4.69) is 10.4 Å². The molecule has 0 aliphatic carbocycles. The van der Waals surface area contributed by atoms with Crippen LogP contribution in [0.1, 0.15) is 15.9 Å². The highest BCUT2D eigenvalue weighted by molar-refractivity contribution is 6.34. The van der Waals surface area contributed by atoms with E-state index in [4.69, 9.17) is 16.0 Å². The third-order valence-electron chi connectivity index (χ3n) is 4.90. The summed E-state index contributed by atoms with van der Waals surface area (Å²) in [4.78, 5) is 24.0. The van der Waals surface area contributed by atoms with Gasteiger partial charge in [-0.05, 0) is 53.9 Å². The van der Waals surface area contributed by atoms with Crippen molar-refractivity contribution < 1.29 is 13.6 Å². The van der Waals surface area contributed by atoms with E-state index in [9.17, 15) is 14.0 Å². The van der Waals surface area contributed by atoms with E-state index < -0.39 is 17.5 Å². The van der Waals surface area contributed by atoms with E-state index in [1.54, 1.807) is 12.1 Å². The molecule has 3 aromatic carbocycles. The molecular formula is C23H17ClFN3O3. The van der Waals surface area contributed by atoms with Crippen LogP contribution in [0.15, 0.2) is 69.9 Å². The van der Waals surface area contributed by atoms with E-state index in [-0.39, 0.29) is 16.5 Å². The largest absolute Gasteiger partial charge is 0.437 e. The van der Waals surface area contributed by atoms with Crippen molar-refractivity contribution in [3.63, 3.8) is 0 Å². The van der Waals surface area contributed by atoms with Crippen LogP contribution in [0.25, 0.3) is 22.6 Å². The maximum absolute atomic E-state index is 14.0. The zero-order chi connectivity index (χ0) is 22.1. The second-order valence-electron chi connectivity index (χ2n) is 6.90. The molecule has 4 rings (SSSR count). The van der Waals surface area contributed by atoms with Crippen molar-refractivity contribution in [3.8, 4) is 22.6 Å². The highest BCUT2D eigenvalue weighted by Crippen LogP contribution is 2.31. The van der Waals surface area contributed by atoms with Gasteiger partial charge in [-0.15, -0.1) is 5.10 Å². The van der Waals surface area contributed by atoms with Gasteiger partial charge < -0.3 is 9.73 Å². The number of hydrogen-bond donors (Lipinski definition) is 1. The molecule has 8 heteroatoms. The molecule has 0 aliphatic rings. The zero-order valence-corrected chi connectivity index (χ0v) is 17.4. The second kappa shape index (κ2) is 8.20. The van der Waals surface area contributed by atoms with Crippen LogP contribution >= 0.6 is 11.6 Å². The molecule has 0 saturated heterocycles. The Labute approximate surface area is 181 Å². The first kappa shape index (κ1) is 20.6. The van der Waals surface area contributed by atoms with Crippen LogP contribution in [-0.2, 0) is 7.05 Å². The van der Waals surface area contributed by atoms with Gasteiger partial charge in [-0.3, -0.25) is 4.79 Å². The maximum Gasteiger partial charge on any atom is 0.437 e. The minimum atomic E-state index is -0.685. The Morgan fingerprint density at radius 2 is 1.74 bits per heavy atom. The molecule has 6 nitrogen and oxygen atoms in total. The SMILES string of the molecule is Cc1c(-c2ccc(NC(=O)c3c(F)cccc3Cl)cc2)cccc1-c1nn(C)c(=O)o1. The first-order chi connectivity index (χ1) is 14.8. The Morgan fingerprint density at radius 3 is 2.39 bits per heavy atom. The summed E-state index contributed by atoms with van der Waals surface area (Å²) in [6, 6.07) is 16.8.